The van der Waals surface area contributed by atoms with E-state index in [1.807, 2.05) is 30.3 Å². The molecule has 7 nitrogen and oxygen atoms in total. The molecule has 0 bridgehead atoms. The summed E-state index contributed by atoms with van der Waals surface area (Å²) in [6.07, 6.45) is 1.70. The summed E-state index contributed by atoms with van der Waals surface area (Å²) in [6, 6.07) is 14.1. The highest BCUT2D eigenvalue weighted by Gasteiger charge is 2.19. The molecule has 3 aromatic rings. The Morgan fingerprint density at radius 1 is 1.16 bits per heavy atom. The minimum Gasteiger partial charge on any atom is -0.472 e. The fourth-order valence-electron chi connectivity index (χ4n) is 3.29. The molecule has 2 N–H and O–H groups in total. The van der Waals surface area contributed by atoms with E-state index < -0.39 is 11.7 Å². The van der Waals surface area contributed by atoms with Crippen LogP contribution in [0.3, 0.4) is 0 Å². The number of nitrogens with zero attached hydrogens (tertiary/aromatic N) is 4. The zero-order valence-electron chi connectivity index (χ0n) is 17.7. The van der Waals surface area contributed by atoms with Crippen LogP contribution in [0.4, 0.5) is 10.3 Å². The van der Waals surface area contributed by atoms with Gasteiger partial charge in [0.2, 0.25) is 11.8 Å². The number of carbonyl (C=O) groups excluding carboxylic acids is 1. The molecule has 1 fully saturated rings. The van der Waals surface area contributed by atoms with Gasteiger partial charge in [-0.2, -0.15) is 4.98 Å². The zero-order chi connectivity index (χ0) is 22.5. The third-order valence-corrected chi connectivity index (χ3v) is 6.14. The number of benzene rings is 2. The van der Waals surface area contributed by atoms with Crippen LogP contribution >= 0.6 is 11.8 Å². The molecular formula is C23H24FN5O2S. The van der Waals surface area contributed by atoms with Crippen molar-refractivity contribution in [3.8, 4) is 5.88 Å². The van der Waals surface area contributed by atoms with Crippen molar-refractivity contribution in [1.82, 2.24) is 14.9 Å². The summed E-state index contributed by atoms with van der Waals surface area (Å²) in [5.74, 6) is -0.419. The van der Waals surface area contributed by atoms with Gasteiger partial charge >= 0.3 is 0 Å². The van der Waals surface area contributed by atoms with E-state index in [0.29, 0.717) is 28.2 Å². The SMILES string of the molecule is CN1CCN(c2ncc(Sc3ccc(C(N)=O)c(F)c3)c(OCc3ccccc3)n2)CC1. The van der Waals surface area contributed by atoms with Crippen molar-refractivity contribution in [1.29, 1.82) is 0 Å². The Kier molecular flexibility index (Phi) is 6.87. The number of hydrogen-bond donors (Lipinski definition) is 1. The van der Waals surface area contributed by atoms with Gasteiger partial charge in [0.15, 0.2) is 0 Å². The van der Waals surface area contributed by atoms with Crippen molar-refractivity contribution in [3.05, 3.63) is 71.7 Å². The summed E-state index contributed by atoms with van der Waals surface area (Å²) in [7, 11) is 2.09. The van der Waals surface area contributed by atoms with E-state index in [1.54, 1.807) is 12.3 Å². The molecule has 1 aromatic heterocycles. The molecule has 4 rings (SSSR count). The molecule has 1 amide bonds. The lowest BCUT2D eigenvalue weighted by Gasteiger charge is -2.32. The number of rotatable bonds is 7. The number of anilines is 1. The van der Waals surface area contributed by atoms with Crippen LogP contribution in [0.25, 0.3) is 0 Å². The maximum Gasteiger partial charge on any atom is 0.251 e. The molecule has 0 spiro atoms. The monoisotopic (exact) mass is 453 g/mol. The summed E-state index contributed by atoms with van der Waals surface area (Å²) in [5.41, 5.74) is 6.07. The van der Waals surface area contributed by atoms with Gasteiger partial charge in [0.25, 0.3) is 5.91 Å². The highest BCUT2D eigenvalue weighted by Crippen LogP contribution is 2.35. The largest absolute Gasteiger partial charge is 0.472 e. The van der Waals surface area contributed by atoms with E-state index in [-0.39, 0.29) is 5.56 Å². The molecule has 0 radical (unpaired) electrons. The van der Waals surface area contributed by atoms with E-state index in [0.717, 1.165) is 31.7 Å². The molecule has 0 saturated carbocycles. The van der Waals surface area contributed by atoms with E-state index in [2.05, 4.69) is 26.8 Å². The maximum atomic E-state index is 14.2. The van der Waals surface area contributed by atoms with Crippen molar-refractivity contribution in [3.63, 3.8) is 0 Å². The van der Waals surface area contributed by atoms with Crippen LogP contribution in [0.1, 0.15) is 15.9 Å². The van der Waals surface area contributed by atoms with E-state index in [1.165, 1.54) is 23.9 Å². The Hall–Kier alpha value is -3.17. The molecule has 0 aliphatic carbocycles. The normalized spacial score (nSPS) is 14.4. The summed E-state index contributed by atoms with van der Waals surface area (Å²) >= 11 is 1.27. The number of hydrogen-bond acceptors (Lipinski definition) is 7. The minimum atomic E-state index is -0.800. The van der Waals surface area contributed by atoms with E-state index >= 15 is 0 Å². The second kappa shape index (κ2) is 9.97. The first-order chi connectivity index (χ1) is 15.5. The molecule has 0 atom stereocenters. The smallest absolute Gasteiger partial charge is 0.251 e. The minimum absolute atomic E-state index is 0.142. The Morgan fingerprint density at radius 2 is 1.91 bits per heavy atom. The third kappa shape index (κ3) is 5.35. The van der Waals surface area contributed by atoms with Crippen molar-refractivity contribution in [2.75, 3.05) is 38.1 Å². The van der Waals surface area contributed by atoms with Gasteiger partial charge in [-0.25, -0.2) is 9.37 Å². The molecular weight excluding hydrogens is 429 g/mol. The first-order valence-electron chi connectivity index (χ1n) is 10.2. The molecule has 2 heterocycles. The van der Waals surface area contributed by atoms with Gasteiger partial charge in [0.05, 0.1) is 16.7 Å². The Bertz CT molecular complexity index is 1090. The first-order valence-corrected chi connectivity index (χ1v) is 11.1. The molecule has 0 unspecified atom stereocenters. The third-order valence-electron chi connectivity index (χ3n) is 5.15. The highest BCUT2D eigenvalue weighted by atomic mass is 32.2. The molecule has 166 valence electrons. The average Bonchev–Trinajstić information content (AvgIpc) is 2.79. The van der Waals surface area contributed by atoms with Gasteiger partial charge in [-0.05, 0) is 30.8 Å². The summed E-state index contributed by atoms with van der Waals surface area (Å²) in [5, 5.41) is 0. The molecule has 1 aliphatic heterocycles. The number of nitrogens with two attached hydrogens (primary N) is 1. The standard InChI is InChI=1S/C23H24FN5O2S/c1-28-9-11-29(12-10-28)23-26-14-20(22(27-23)31-15-16-5-3-2-4-6-16)32-17-7-8-18(21(25)30)19(24)13-17/h2-8,13-14H,9-12,15H2,1H3,(H2,25,30). The second-order valence-corrected chi connectivity index (χ2v) is 8.63. The van der Waals surface area contributed by atoms with Crippen LogP contribution in [0.5, 0.6) is 5.88 Å². The Labute approximate surface area is 190 Å². The predicted octanol–water partition coefficient (Wildman–Crippen LogP) is 3.20. The van der Waals surface area contributed by atoms with E-state index in [4.69, 9.17) is 10.5 Å². The lowest BCUT2D eigenvalue weighted by Crippen LogP contribution is -2.45. The number of ether oxygens (including phenoxy) is 1. The highest BCUT2D eigenvalue weighted by molar-refractivity contribution is 7.99. The molecule has 9 heteroatoms. The Morgan fingerprint density at radius 3 is 2.59 bits per heavy atom. The van der Waals surface area contributed by atoms with Gasteiger partial charge in [-0.1, -0.05) is 42.1 Å². The number of likely N-dealkylation sites (N-methyl/N-ethyl adjacent to an activating group) is 1. The number of amides is 1. The maximum absolute atomic E-state index is 14.2. The van der Waals surface area contributed by atoms with Crippen LogP contribution in [0, 0.1) is 5.82 Å². The van der Waals surface area contributed by atoms with Crippen molar-refractivity contribution in [2.24, 2.45) is 5.73 Å². The number of aromatic nitrogens is 2. The van der Waals surface area contributed by atoms with Crippen molar-refractivity contribution in [2.45, 2.75) is 16.4 Å². The number of halogens is 1. The van der Waals surface area contributed by atoms with E-state index in [9.17, 15) is 9.18 Å². The molecule has 1 aliphatic rings. The lowest BCUT2D eigenvalue weighted by atomic mass is 10.2. The van der Waals surface area contributed by atoms with Gasteiger partial charge in [-0.3, -0.25) is 4.79 Å². The number of carbonyl (C=O) groups is 1. The number of piperazine rings is 1. The van der Waals surface area contributed by atoms with Crippen molar-refractivity contribution < 1.29 is 13.9 Å². The quantitative estimate of drug-likeness (QED) is 0.588. The fourth-order valence-corrected chi connectivity index (χ4v) is 4.14. The molecule has 32 heavy (non-hydrogen) atoms. The molecule has 2 aromatic carbocycles. The van der Waals surface area contributed by atoms with Gasteiger partial charge in [0.1, 0.15) is 12.4 Å². The molecule has 1 saturated heterocycles. The average molecular weight is 454 g/mol. The lowest BCUT2D eigenvalue weighted by molar-refractivity contribution is 0.0996. The first kappa shape index (κ1) is 22.0. The summed E-state index contributed by atoms with van der Waals surface area (Å²) in [4.78, 5) is 26.2. The van der Waals surface area contributed by atoms with Gasteiger partial charge in [0, 0.05) is 31.1 Å². The second-order valence-electron chi connectivity index (χ2n) is 7.51. The Balaban J connectivity index is 1.59. The van der Waals surface area contributed by atoms with Crippen LogP contribution in [0.15, 0.2) is 64.5 Å². The summed E-state index contributed by atoms with van der Waals surface area (Å²) in [6.45, 7) is 3.89. The predicted molar refractivity (Wildman–Crippen MR) is 122 cm³/mol. The number of primary amides is 1. The van der Waals surface area contributed by atoms with Crippen molar-refractivity contribution >= 4 is 23.6 Å². The topological polar surface area (TPSA) is 84.6 Å². The van der Waals surface area contributed by atoms with Crippen LogP contribution < -0.4 is 15.4 Å². The van der Waals surface area contributed by atoms with Crippen LogP contribution in [-0.2, 0) is 6.61 Å². The fraction of sp³-hybridized carbons (Fsp3) is 0.261. The van der Waals surface area contributed by atoms with Crippen LogP contribution in [-0.4, -0.2) is 54.0 Å². The van der Waals surface area contributed by atoms with Gasteiger partial charge in [-0.15, -0.1) is 0 Å². The zero-order valence-corrected chi connectivity index (χ0v) is 18.5. The van der Waals surface area contributed by atoms with Crippen LogP contribution in [0.2, 0.25) is 0 Å². The van der Waals surface area contributed by atoms with Gasteiger partial charge < -0.3 is 20.3 Å². The summed E-state index contributed by atoms with van der Waals surface area (Å²) < 4.78 is 20.3.